The molecule has 1 heterocycles. The number of anilines is 1. The van der Waals surface area contributed by atoms with Crippen LogP contribution < -0.4 is 10.6 Å². The topological polar surface area (TPSA) is 32.5 Å². The molecule has 106 valence electrons. The molecular formula is C15H24ClN3. The number of hydrogen-bond acceptors (Lipinski definition) is 3. The molecule has 0 aromatic heterocycles. The third-order valence-corrected chi connectivity index (χ3v) is 4.20. The second-order valence-electron chi connectivity index (χ2n) is 5.41. The van der Waals surface area contributed by atoms with Gasteiger partial charge in [-0.15, -0.1) is 0 Å². The van der Waals surface area contributed by atoms with E-state index in [1.807, 2.05) is 12.1 Å². The molecule has 2 N–H and O–H groups in total. The van der Waals surface area contributed by atoms with Gasteiger partial charge in [-0.25, -0.2) is 0 Å². The Morgan fingerprint density at radius 2 is 1.95 bits per heavy atom. The third-order valence-electron chi connectivity index (χ3n) is 3.90. The molecule has 1 fully saturated rings. The Balaban J connectivity index is 2.22. The minimum absolute atomic E-state index is 0.213. The predicted octanol–water partition coefficient (Wildman–Crippen LogP) is 2.37. The second-order valence-corrected chi connectivity index (χ2v) is 5.82. The Kier molecular flexibility index (Phi) is 5.08. The zero-order chi connectivity index (χ0) is 13.8. The maximum absolute atomic E-state index is 6.43. The fourth-order valence-electron chi connectivity index (χ4n) is 2.54. The van der Waals surface area contributed by atoms with E-state index in [2.05, 4.69) is 29.8 Å². The van der Waals surface area contributed by atoms with Crippen LogP contribution in [0.5, 0.6) is 0 Å². The summed E-state index contributed by atoms with van der Waals surface area (Å²) in [4.78, 5) is 4.75. The van der Waals surface area contributed by atoms with Crippen molar-refractivity contribution < 1.29 is 0 Å². The summed E-state index contributed by atoms with van der Waals surface area (Å²) in [5.74, 6) is 0. The molecule has 2 rings (SSSR count). The maximum atomic E-state index is 6.43. The highest BCUT2D eigenvalue weighted by molar-refractivity contribution is 6.33. The first-order chi connectivity index (χ1) is 9.11. The number of rotatable bonds is 4. The molecule has 4 heteroatoms. The molecule has 0 spiro atoms. The molecule has 0 bridgehead atoms. The number of halogens is 1. The van der Waals surface area contributed by atoms with Crippen molar-refractivity contribution in [2.24, 2.45) is 5.73 Å². The van der Waals surface area contributed by atoms with Gasteiger partial charge in [0.2, 0.25) is 0 Å². The zero-order valence-corrected chi connectivity index (χ0v) is 12.7. The van der Waals surface area contributed by atoms with E-state index in [1.54, 1.807) is 0 Å². The molecule has 1 aliphatic heterocycles. The summed E-state index contributed by atoms with van der Waals surface area (Å²) in [6.45, 7) is 6.38. The lowest BCUT2D eigenvalue weighted by molar-refractivity contribution is 0.312. The number of benzene rings is 1. The van der Waals surface area contributed by atoms with Gasteiger partial charge < -0.3 is 15.5 Å². The largest absolute Gasteiger partial charge is 0.368 e. The Hall–Kier alpha value is -0.770. The Morgan fingerprint density at radius 1 is 1.26 bits per heavy atom. The SMILES string of the molecule is CCC(N)Cc1cccc(Cl)c1N1CCN(C)CC1. The molecule has 0 saturated carbocycles. The lowest BCUT2D eigenvalue weighted by atomic mass is 10.0. The van der Waals surface area contributed by atoms with Crippen LogP contribution in [0.4, 0.5) is 5.69 Å². The molecule has 0 radical (unpaired) electrons. The number of nitrogens with two attached hydrogens (primary N) is 1. The molecule has 3 nitrogen and oxygen atoms in total. The smallest absolute Gasteiger partial charge is 0.0642 e. The summed E-state index contributed by atoms with van der Waals surface area (Å²) in [6, 6.07) is 6.38. The second kappa shape index (κ2) is 6.60. The van der Waals surface area contributed by atoms with Crippen LogP contribution in [-0.2, 0) is 6.42 Å². The van der Waals surface area contributed by atoms with Crippen LogP contribution >= 0.6 is 11.6 Å². The van der Waals surface area contributed by atoms with Crippen molar-refractivity contribution in [3.63, 3.8) is 0 Å². The number of nitrogens with zero attached hydrogens (tertiary/aromatic N) is 2. The van der Waals surface area contributed by atoms with Crippen molar-refractivity contribution in [1.82, 2.24) is 4.90 Å². The van der Waals surface area contributed by atoms with Gasteiger partial charge >= 0.3 is 0 Å². The van der Waals surface area contributed by atoms with Gasteiger partial charge in [-0.2, -0.15) is 0 Å². The normalized spacial score (nSPS) is 18.6. The van der Waals surface area contributed by atoms with E-state index in [4.69, 9.17) is 17.3 Å². The van der Waals surface area contributed by atoms with Crippen molar-refractivity contribution >= 4 is 17.3 Å². The van der Waals surface area contributed by atoms with Gasteiger partial charge in [-0.05, 0) is 31.5 Å². The van der Waals surface area contributed by atoms with Crippen LogP contribution in [0.3, 0.4) is 0 Å². The molecule has 0 amide bonds. The Labute approximate surface area is 121 Å². The Morgan fingerprint density at radius 3 is 2.58 bits per heavy atom. The van der Waals surface area contributed by atoms with Gasteiger partial charge in [-0.3, -0.25) is 0 Å². The molecule has 1 saturated heterocycles. The van der Waals surface area contributed by atoms with Gasteiger partial charge in [-0.1, -0.05) is 30.7 Å². The van der Waals surface area contributed by atoms with Crippen molar-refractivity contribution in [2.75, 3.05) is 38.1 Å². The first kappa shape index (κ1) is 14.6. The van der Waals surface area contributed by atoms with E-state index in [0.29, 0.717) is 0 Å². The number of hydrogen-bond donors (Lipinski definition) is 1. The summed E-state index contributed by atoms with van der Waals surface area (Å²) in [5, 5.41) is 0.852. The summed E-state index contributed by atoms with van der Waals surface area (Å²) < 4.78 is 0. The van der Waals surface area contributed by atoms with Gasteiger partial charge in [0, 0.05) is 32.2 Å². The van der Waals surface area contributed by atoms with Crippen molar-refractivity contribution in [3.05, 3.63) is 28.8 Å². The minimum Gasteiger partial charge on any atom is -0.368 e. The molecule has 1 aromatic rings. The van der Waals surface area contributed by atoms with Crippen LogP contribution in [0, 0.1) is 0 Å². The lowest BCUT2D eigenvalue weighted by Gasteiger charge is -2.36. The fraction of sp³-hybridized carbons (Fsp3) is 0.600. The summed E-state index contributed by atoms with van der Waals surface area (Å²) >= 11 is 6.43. The number of likely N-dealkylation sites (N-methyl/N-ethyl adjacent to an activating group) is 1. The molecule has 0 aliphatic carbocycles. The van der Waals surface area contributed by atoms with Crippen molar-refractivity contribution in [2.45, 2.75) is 25.8 Å². The van der Waals surface area contributed by atoms with Crippen LogP contribution in [0.2, 0.25) is 5.02 Å². The molecule has 19 heavy (non-hydrogen) atoms. The van der Waals surface area contributed by atoms with E-state index in [0.717, 1.165) is 44.0 Å². The van der Waals surface area contributed by atoms with Crippen LogP contribution in [-0.4, -0.2) is 44.2 Å². The van der Waals surface area contributed by atoms with Gasteiger partial charge in [0.25, 0.3) is 0 Å². The standard InChI is InChI=1S/C15H24ClN3/c1-3-13(17)11-12-5-4-6-14(16)15(12)19-9-7-18(2)8-10-19/h4-6,13H,3,7-11,17H2,1-2H3. The average molecular weight is 282 g/mol. The van der Waals surface area contributed by atoms with E-state index >= 15 is 0 Å². The maximum Gasteiger partial charge on any atom is 0.0642 e. The summed E-state index contributed by atoms with van der Waals surface area (Å²) in [6.07, 6.45) is 1.90. The zero-order valence-electron chi connectivity index (χ0n) is 11.9. The molecular weight excluding hydrogens is 258 g/mol. The highest BCUT2D eigenvalue weighted by Gasteiger charge is 2.20. The minimum atomic E-state index is 0.213. The van der Waals surface area contributed by atoms with E-state index in [9.17, 15) is 0 Å². The molecule has 1 aliphatic rings. The van der Waals surface area contributed by atoms with Gasteiger partial charge in [0.1, 0.15) is 0 Å². The quantitative estimate of drug-likeness (QED) is 0.920. The number of piperazine rings is 1. The van der Waals surface area contributed by atoms with Gasteiger partial charge in [0.05, 0.1) is 10.7 Å². The van der Waals surface area contributed by atoms with E-state index < -0.39 is 0 Å². The first-order valence-electron chi connectivity index (χ1n) is 7.08. The van der Waals surface area contributed by atoms with Crippen LogP contribution in [0.1, 0.15) is 18.9 Å². The molecule has 1 aromatic carbocycles. The van der Waals surface area contributed by atoms with Crippen molar-refractivity contribution in [1.29, 1.82) is 0 Å². The van der Waals surface area contributed by atoms with E-state index in [-0.39, 0.29) is 6.04 Å². The fourth-order valence-corrected chi connectivity index (χ4v) is 2.85. The van der Waals surface area contributed by atoms with E-state index in [1.165, 1.54) is 11.3 Å². The summed E-state index contributed by atoms with van der Waals surface area (Å²) in [5.41, 5.74) is 8.58. The highest BCUT2D eigenvalue weighted by Crippen LogP contribution is 2.31. The predicted molar refractivity (Wildman–Crippen MR) is 83.1 cm³/mol. The number of para-hydroxylation sites is 1. The lowest BCUT2D eigenvalue weighted by Crippen LogP contribution is -2.45. The van der Waals surface area contributed by atoms with Gasteiger partial charge in [0.15, 0.2) is 0 Å². The Bertz CT molecular complexity index is 414. The monoisotopic (exact) mass is 281 g/mol. The third kappa shape index (κ3) is 3.62. The molecule has 1 unspecified atom stereocenters. The first-order valence-corrected chi connectivity index (χ1v) is 7.46. The molecule has 1 atom stereocenters. The summed E-state index contributed by atoms with van der Waals surface area (Å²) in [7, 11) is 2.16. The van der Waals surface area contributed by atoms with Crippen LogP contribution in [0.25, 0.3) is 0 Å². The highest BCUT2D eigenvalue weighted by atomic mass is 35.5. The average Bonchev–Trinajstić information content (AvgIpc) is 2.40. The van der Waals surface area contributed by atoms with Crippen LogP contribution in [0.15, 0.2) is 18.2 Å². The van der Waals surface area contributed by atoms with Crippen molar-refractivity contribution in [3.8, 4) is 0 Å².